The summed E-state index contributed by atoms with van der Waals surface area (Å²) in [6, 6.07) is 2.47. The molecular formula is C8H4BrFO2S. The number of fused-ring (bicyclic) bond motifs is 1. The molecule has 0 radical (unpaired) electrons. The van der Waals surface area contributed by atoms with Crippen LogP contribution in [-0.4, -0.2) is 8.42 Å². The van der Waals surface area contributed by atoms with E-state index in [0.29, 0.717) is 5.56 Å². The molecule has 2 nitrogen and oxygen atoms in total. The predicted molar refractivity (Wildman–Crippen MR) is 50.3 cm³/mol. The molecule has 1 heterocycles. The molecule has 68 valence electrons. The summed E-state index contributed by atoms with van der Waals surface area (Å²) in [5.74, 6) is -0.564. The normalized spacial score (nSPS) is 17.4. The highest BCUT2D eigenvalue weighted by Gasteiger charge is 2.22. The Hall–Kier alpha value is -0.680. The Bertz CT molecular complexity index is 505. The van der Waals surface area contributed by atoms with Crippen LogP contribution in [0.4, 0.5) is 4.39 Å². The summed E-state index contributed by atoms with van der Waals surface area (Å²) in [6.07, 6.45) is 1.45. The van der Waals surface area contributed by atoms with Gasteiger partial charge in [-0.3, -0.25) is 0 Å². The molecule has 0 amide bonds. The lowest BCUT2D eigenvalue weighted by Crippen LogP contribution is -1.94. The van der Waals surface area contributed by atoms with Gasteiger partial charge in [-0.2, -0.15) is 0 Å². The molecule has 1 aromatic carbocycles. The maximum atomic E-state index is 13.0. The van der Waals surface area contributed by atoms with Gasteiger partial charge >= 0.3 is 0 Å². The molecule has 0 atom stereocenters. The number of hydrogen-bond donors (Lipinski definition) is 0. The SMILES string of the molecule is O=S1(=O)C=Cc2cc(Br)c(F)cc21. The molecule has 1 aliphatic heterocycles. The molecule has 0 unspecified atom stereocenters. The van der Waals surface area contributed by atoms with Crippen LogP contribution < -0.4 is 0 Å². The largest absolute Gasteiger partial charge is 0.219 e. The molecule has 0 N–H and O–H groups in total. The Morgan fingerprint density at radius 1 is 1.31 bits per heavy atom. The van der Waals surface area contributed by atoms with Crippen LogP contribution in [-0.2, 0) is 9.84 Å². The maximum absolute atomic E-state index is 13.0. The summed E-state index contributed by atoms with van der Waals surface area (Å²) in [4.78, 5) is 0.0354. The van der Waals surface area contributed by atoms with Crippen LogP contribution in [0, 0.1) is 5.82 Å². The summed E-state index contributed by atoms with van der Waals surface area (Å²) >= 11 is 2.98. The quantitative estimate of drug-likeness (QED) is 0.720. The smallest absolute Gasteiger partial charge is 0.200 e. The fraction of sp³-hybridized carbons (Fsp3) is 0. The molecule has 0 fully saturated rings. The Labute approximate surface area is 83.1 Å². The van der Waals surface area contributed by atoms with E-state index in [9.17, 15) is 12.8 Å². The number of rotatable bonds is 0. The monoisotopic (exact) mass is 262 g/mol. The molecule has 0 saturated heterocycles. The lowest BCUT2D eigenvalue weighted by Gasteiger charge is -1.99. The van der Waals surface area contributed by atoms with Gasteiger partial charge in [0.15, 0.2) is 0 Å². The zero-order chi connectivity index (χ0) is 9.64. The Morgan fingerprint density at radius 3 is 2.69 bits per heavy atom. The van der Waals surface area contributed by atoms with E-state index in [1.54, 1.807) is 0 Å². The fourth-order valence-electron chi connectivity index (χ4n) is 1.16. The van der Waals surface area contributed by atoms with Crippen molar-refractivity contribution in [3.8, 4) is 0 Å². The lowest BCUT2D eigenvalue weighted by molar-refractivity contribution is 0.597. The van der Waals surface area contributed by atoms with Crippen molar-refractivity contribution >= 4 is 31.8 Å². The second kappa shape index (κ2) is 2.65. The Morgan fingerprint density at radius 2 is 2.00 bits per heavy atom. The third kappa shape index (κ3) is 1.32. The summed E-state index contributed by atoms with van der Waals surface area (Å²) in [5.41, 5.74) is 0.522. The predicted octanol–water partition coefficient (Wildman–Crippen LogP) is 2.35. The summed E-state index contributed by atoms with van der Waals surface area (Å²) in [5, 5.41) is 1.07. The van der Waals surface area contributed by atoms with E-state index >= 15 is 0 Å². The molecule has 0 aromatic heterocycles. The molecule has 2 rings (SSSR count). The van der Waals surface area contributed by atoms with Gasteiger partial charge in [0, 0.05) is 5.41 Å². The van der Waals surface area contributed by atoms with Gasteiger partial charge in [0.2, 0.25) is 9.84 Å². The number of benzene rings is 1. The molecule has 0 aliphatic carbocycles. The minimum atomic E-state index is -3.39. The second-order valence-electron chi connectivity index (χ2n) is 2.65. The van der Waals surface area contributed by atoms with Gasteiger partial charge in [0.1, 0.15) is 5.82 Å². The third-order valence-corrected chi connectivity index (χ3v) is 3.85. The van der Waals surface area contributed by atoms with Crippen LogP contribution in [0.15, 0.2) is 26.9 Å². The van der Waals surface area contributed by atoms with E-state index < -0.39 is 15.7 Å². The Kier molecular flexibility index (Phi) is 1.82. The van der Waals surface area contributed by atoms with Gasteiger partial charge in [0.05, 0.1) is 9.37 Å². The van der Waals surface area contributed by atoms with Crippen molar-refractivity contribution in [1.82, 2.24) is 0 Å². The average Bonchev–Trinajstić information content (AvgIpc) is 2.31. The first-order chi connectivity index (χ1) is 6.00. The molecular weight excluding hydrogens is 259 g/mol. The van der Waals surface area contributed by atoms with Gasteiger partial charge in [-0.25, -0.2) is 12.8 Å². The average molecular weight is 263 g/mol. The summed E-state index contributed by atoms with van der Waals surface area (Å²) < 4.78 is 35.7. The topological polar surface area (TPSA) is 34.1 Å². The van der Waals surface area contributed by atoms with E-state index in [1.807, 2.05) is 0 Å². The van der Waals surface area contributed by atoms with Crippen molar-refractivity contribution in [3.05, 3.63) is 33.4 Å². The molecule has 0 saturated carbocycles. The minimum Gasteiger partial charge on any atom is -0.219 e. The second-order valence-corrected chi connectivity index (χ2v) is 5.31. The van der Waals surface area contributed by atoms with Gasteiger partial charge in [0.25, 0.3) is 0 Å². The molecule has 0 spiro atoms. The van der Waals surface area contributed by atoms with Crippen molar-refractivity contribution < 1.29 is 12.8 Å². The first-order valence-electron chi connectivity index (χ1n) is 3.43. The highest BCUT2D eigenvalue weighted by atomic mass is 79.9. The van der Waals surface area contributed by atoms with Gasteiger partial charge < -0.3 is 0 Å². The van der Waals surface area contributed by atoms with E-state index in [0.717, 1.165) is 11.5 Å². The maximum Gasteiger partial charge on any atom is 0.200 e. The number of hydrogen-bond acceptors (Lipinski definition) is 2. The minimum absolute atomic E-state index is 0.0354. The van der Waals surface area contributed by atoms with Crippen molar-refractivity contribution in [3.63, 3.8) is 0 Å². The first kappa shape index (κ1) is 8.90. The Balaban J connectivity index is 2.81. The number of halogens is 2. The lowest BCUT2D eigenvalue weighted by atomic mass is 10.2. The van der Waals surface area contributed by atoms with Crippen LogP contribution in [0.3, 0.4) is 0 Å². The fourth-order valence-corrected chi connectivity index (χ4v) is 2.71. The molecule has 13 heavy (non-hydrogen) atoms. The van der Waals surface area contributed by atoms with Crippen LogP contribution in [0.1, 0.15) is 5.56 Å². The first-order valence-corrected chi connectivity index (χ1v) is 5.77. The van der Waals surface area contributed by atoms with Gasteiger partial charge in [-0.15, -0.1) is 0 Å². The van der Waals surface area contributed by atoms with Crippen molar-refractivity contribution in [2.24, 2.45) is 0 Å². The molecule has 1 aromatic rings. The summed E-state index contributed by atoms with van der Waals surface area (Å²) in [7, 11) is -3.39. The highest BCUT2D eigenvalue weighted by Crippen LogP contribution is 2.30. The zero-order valence-corrected chi connectivity index (χ0v) is 8.69. The van der Waals surface area contributed by atoms with Crippen molar-refractivity contribution in [2.75, 3.05) is 0 Å². The molecule has 0 bridgehead atoms. The summed E-state index contributed by atoms with van der Waals surface area (Å²) in [6.45, 7) is 0. The van der Waals surface area contributed by atoms with Gasteiger partial charge in [-0.05, 0) is 39.7 Å². The van der Waals surface area contributed by atoms with Crippen LogP contribution in [0.2, 0.25) is 0 Å². The van der Waals surface area contributed by atoms with Crippen LogP contribution in [0.5, 0.6) is 0 Å². The van der Waals surface area contributed by atoms with Gasteiger partial charge in [-0.1, -0.05) is 0 Å². The van der Waals surface area contributed by atoms with E-state index in [4.69, 9.17) is 0 Å². The van der Waals surface area contributed by atoms with E-state index in [-0.39, 0.29) is 9.37 Å². The van der Waals surface area contributed by atoms with E-state index in [1.165, 1.54) is 12.1 Å². The van der Waals surface area contributed by atoms with Crippen LogP contribution in [0.25, 0.3) is 6.08 Å². The number of sulfone groups is 1. The third-order valence-electron chi connectivity index (χ3n) is 1.79. The van der Waals surface area contributed by atoms with E-state index in [2.05, 4.69) is 15.9 Å². The van der Waals surface area contributed by atoms with Crippen molar-refractivity contribution in [1.29, 1.82) is 0 Å². The van der Waals surface area contributed by atoms with Crippen LogP contribution >= 0.6 is 15.9 Å². The standard InChI is InChI=1S/C8H4BrFO2S/c9-6-3-5-1-2-13(11,12)8(5)4-7(6)10/h1-4H. The molecule has 1 aliphatic rings. The highest BCUT2D eigenvalue weighted by molar-refractivity contribution is 9.10. The molecule has 5 heteroatoms. The van der Waals surface area contributed by atoms with Crippen molar-refractivity contribution in [2.45, 2.75) is 4.90 Å². The zero-order valence-electron chi connectivity index (χ0n) is 6.29.